The number of halogens is 3. The summed E-state index contributed by atoms with van der Waals surface area (Å²) < 4.78 is 11.4. The lowest BCUT2D eigenvalue weighted by Gasteiger charge is -2.13. The first-order valence-electron chi connectivity index (χ1n) is 11.4. The summed E-state index contributed by atoms with van der Waals surface area (Å²) in [5.41, 5.74) is 1.91. The zero-order valence-corrected chi connectivity index (χ0v) is 23.1. The zero-order chi connectivity index (χ0) is 27.2. The molecule has 0 unspecified atom stereocenters. The van der Waals surface area contributed by atoms with Crippen LogP contribution in [0.3, 0.4) is 0 Å². The van der Waals surface area contributed by atoms with Crippen LogP contribution in [0, 0.1) is 0 Å². The number of hydrogen-bond donors (Lipinski definition) is 1. The lowest BCUT2D eigenvalue weighted by Crippen LogP contribution is -2.27. The Balaban J connectivity index is 1.44. The van der Waals surface area contributed by atoms with Crippen molar-refractivity contribution in [3.63, 3.8) is 0 Å². The molecule has 196 valence electrons. The van der Waals surface area contributed by atoms with Crippen molar-refractivity contribution in [1.29, 1.82) is 0 Å². The van der Waals surface area contributed by atoms with E-state index in [2.05, 4.69) is 5.32 Å². The maximum atomic E-state index is 12.9. The molecule has 38 heavy (non-hydrogen) atoms. The highest BCUT2D eigenvalue weighted by atomic mass is 35.5. The van der Waals surface area contributed by atoms with Gasteiger partial charge in [0.25, 0.3) is 17.1 Å². The number of hydrogen-bond acceptors (Lipinski definition) is 6. The van der Waals surface area contributed by atoms with Crippen LogP contribution < -0.4 is 14.8 Å². The van der Waals surface area contributed by atoms with Crippen molar-refractivity contribution >= 4 is 75.4 Å². The van der Waals surface area contributed by atoms with E-state index in [1.807, 2.05) is 6.92 Å². The van der Waals surface area contributed by atoms with E-state index in [1.54, 1.807) is 66.7 Å². The van der Waals surface area contributed by atoms with E-state index in [9.17, 15) is 14.4 Å². The summed E-state index contributed by atoms with van der Waals surface area (Å²) in [5.74, 6) is -0.00344. The van der Waals surface area contributed by atoms with Crippen molar-refractivity contribution in [1.82, 2.24) is 4.90 Å². The van der Waals surface area contributed by atoms with Gasteiger partial charge in [-0.15, -0.1) is 0 Å². The van der Waals surface area contributed by atoms with Gasteiger partial charge in [0.15, 0.2) is 18.1 Å². The summed E-state index contributed by atoms with van der Waals surface area (Å²) in [7, 11) is 0. The van der Waals surface area contributed by atoms with Crippen molar-refractivity contribution in [3.8, 4) is 11.5 Å². The fourth-order valence-electron chi connectivity index (χ4n) is 3.48. The molecule has 1 aliphatic heterocycles. The Morgan fingerprint density at radius 1 is 0.947 bits per heavy atom. The Labute approximate surface area is 238 Å². The monoisotopic (exact) mass is 590 g/mol. The molecule has 0 aliphatic carbocycles. The molecule has 0 spiro atoms. The third kappa shape index (κ3) is 7.02. The largest absolute Gasteiger partial charge is 0.490 e. The molecule has 4 rings (SSSR count). The third-order valence-electron chi connectivity index (χ3n) is 5.25. The maximum Gasteiger partial charge on any atom is 0.293 e. The number of nitrogens with zero attached hydrogens (tertiary/aromatic N) is 1. The summed E-state index contributed by atoms with van der Waals surface area (Å²) in [4.78, 5) is 39.2. The number of amides is 3. The van der Waals surface area contributed by atoms with Crippen LogP contribution in [0.15, 0.2) is 65.6 Å². The molecule has 3 aromatic rings. The Bertz CT molecular complexity index is 1410. The summed E-state index contributed by atoms with van der Waals surface area (Å²) in [6.07, 6.45) is 1.61. The minimum atomic E-state index is -0.414. The van der Waals surface area contributed by atoms with Crippen LogP contribution in [-0.4, -0.2) is 35.2 Å². The number of imide groups is 1. The van der Waals surface area contributed by atoms with Gasteiger partial charge in [0.1, 0.15) is 0 Å². The second-order valence-corrected chi connectivity index (χ2v) is 10.2. The molecular formula is C27H21Cl3N2O5S. The number of carbonyl (C=O) groups is 3. The molecule has 1 saturated heterocycles. The molecule has 11 heteroatoms. The highest BCUT2D eigenvalue weighted by Crippen LogP contribution is 2.36. The van der Waals surface area contributed by atoms with Gasteiger partial charge in [-0.25, -0.2) is 0 Å². The summed E-state index contributed by atoms with van der Waals surface area (Å²) in [6.45, 7) is 2.01. The standard InChI is InChI=1S/C27H21Cl3N2O5S/c1-2-36-23-12-16(4-10-22(23)37-15-25(33)31-19-7-5-18(28)6-8-19)13-24-26(34)32(27(35)38-24)14-17-3-9-20(29)21(30)11-17/h3-13H,2,14-15H2,1H3,(H,31,33)/b24-13-. The van der Waals surface area contributed by atoms with Gasteiger partial charge in [-0.3, -0.25) is 19.3 Å². The molecular weight excluding hydrogens is 571 g/mol. The zero-order valence-electron chi connectivity index (χ0n) is 20.0. The van der Waals surface area contributed by atoms with E-state index in [0.29, 0.717) is 50.0 Å². The number of anilines is 1. The predicted octanol–water partition coefficient (Wildman–Crippen LogP) is 7.30. The summed E-state index contributed by atoms with van der Waals surface area (Å²) in [6, 6.07) is 16.7. The fourth-order valence-corrected chi connectivity index (χ4v) is 4.77. The minimum Gasteiger partial charge on any atom is -0.490 e. The molecule has 0 bridgehead atoms. The highest BCUT2D eigenvalue weighted by Gasteiger charge is 2.35. The molecule has 1 aliphatic rings. The van der Waals surface area contributed by atoms with Crippen LogP contribution in [0.2, 0.25) is 15.1 Å². The van der Waals surface area contributed by atoms with Crippen molar-refractivity contribution in [2.75, 3.05) is 18.5 Å². The Morgan fingerprint density at radius 3 is 2.42 bits per heavy atom. The molecule has 1 fully saturated rings. The number of benzene rings is 3. The first-order valence-corrected chi connectivity index (χ1v) is 13.3. The average molecular weight is 592 g/mol. The van der Waals surface area contributed by atoms with Gasteiger partial charge < -0.3 is 14.8 Å². The van der Waals surface area contributed by atoms with Crippen LogP contribution in [-0.2, 0) is 16.1 Å². The van der Waals surface area contributed by atoms with Gasteiger partial charge in [0.05, 0.1) is 28.1 Å². The van der Waals surface area contributed by atoms with Crippen molar-refractivity contribution < 1.29 is 23.9 Å². The molecule has 1 heterocycles. The molecule has 0 aromatic heterocycles. The number of ether oxygens (including phenoxy) is 2. The van der Waals surface area contributed by atoms with Gasteiger partial charge in [0, 0.05) is 10.7 Å². The highest BCUT2D eigenvalue weighted by molar-refractivity contribution is 8.18. The third-order valence-corrected chi connectivity index (χ3v) is 7.15. The normalized spacial score (nSPS) is 14.2. The molecule has 3 aromatic carbocycles. The minimum absolute atomic E-state index is 0.0773. The van der Waals surface area contributed by atoms with Gasteiger partial charge in [-0.05, 0) is 84.4 Å². The van der Waals surface area contributed by atoms with Crippen molar-refractivity contribution in [2.45, 2.75) is 13.5 Å². The van der Waals surface area contributed by atoms with E-state index < -0.39 is 5.91 Å². The lowest BCUT2D eigenvalue weighted by atomic mass is 10.1. The Hall–Kier alpha value is -3.17. The number of thioether (sulfide) groups is 1. The van der Waals surface area contributed by atoms with E-state index in [-0.39, 0.29) is 29.2 Å². The lowest BCUT2D eigenvalue weighted by molar-refractivity contribution is -0.123. The first-order chi connectivity index (χ1) is 18.2. The van der Waals surface area contributed by atoms with Gasteiger partial charge in [0.2, 0.25) is 0 Å². The SMILES string of the molecule is CCOc1cc(/C=C2\SC(=O)N(Cc3ccc(Cl)c(Cl)c3)C2=O)ccc1OCC(=O)Nc1ccc(Cl)cc1. The predicted molar refractivity (Wildman–Crippen MR) is 151 cm³/mol. The summed E-state index contributed by atoms with van der Waals surface area (Å²) >= 11 is 18.7. The van der Waals surface area contributed by atoms with Crippen LogP contribution in [0.25, 0.3) is 6.08 Å². The van der Waals surface area contributed by atoms with Crippen LogP contribution in [0.5, 0.6) is 11.5 Å². The fraction of sp³-hybridized carbons (Fsp3) is 0.148. The van der Waals surface area contributed by atoms with Gasteiger partial charge >= 0.3 is 0 Å². The molecule has 0 radical (unpaired) electrons. The molecule has 7 nitrogen and oxygen atoms in total. The summed E-state index contributed by atoms with van der Waals surface area (Å²) in [5, 5.41) is 3.64. The number of carbonyl (C=O) groups excluding carboxylic acids is 3. The molecule has 0 saturated carbocycles. The number of rotatable bonds is 9. The second kappa shape index (κ2) is 12.6. The molecule has 1 N–H and O–H groups in total. The van der Waals surface area contributed by atoms with Gasteiger partial charge in [-0.2, -0.15) is 0 Å². The topological polar surface area (TPSA) is 84.9 Å². The van der Waals surface area contributed by atoms with Crippen LogP contribution >= 0.6 is 46.6 Å². The number of nitrogens with one attached hydrogen (secondary N) is 1. The first kappa shape index (κ1) is 27.9. The van der Waals surface area contributed by atoms with E-state index in [4.69, 9.17) is 44.3 Å². The Kier molecular flexibility index (Phi) is 9.22. The van der Waals surface area contributed by atoms with E-state index in [0.717, 1.165) is 16.7 Å². The van der Waals surface area contributed by atoms with Crippen LogP contribution in [0.1, 0.15) is 18.1 Å². The maximum absolute atomic E-state index is 12.9. The quantitative estimate of drug-likeness (QED) is 0.263. The smallest absolute Gasteiger partial charge is 0.293 e. The van der Waals surface area contributed by atoms with Gasteiger partial charge in [-0.1, -0.05) is 46.9 Å². The Morgan fingerprint density at radius 2 is 1.71 bits per heavy atom. The molecule has 3 amide bonds. The van der Waals surface area contributed by atoms with E-state index in [1.165, 1.54) is 0 Å². The van der Waals surface area contributed by atoms with E-state index >= 15 is 0 Å². The van der Waals surface area contributed by atoms with Crippen LogP contribution in [0.4, 0.5) is 10.5 Å². The van der Waals surface area contributed by atoms with Crippen molar-refractivity contribution in [2.24, 2.45) is 0 Å². The van der Waals surface area contributed by atoms with Crippen molar-refractivity contribution in [3.05, 3.63) is 91.8 Å². The average Bonchev–Trinajstić information content (AvgIpc) is 3.14. The molecule has 0 atom stereocenters. The second-order valence-electron chi connectivity index (χ2n) is 8.00.